The monoisotopic (exact) mass is 537 g/mol. The van der Waals surface area contributed by atoms with E-state index in [0.29, 0.717) is 0 Å². The third kappa shape index (κ3) is 7.17. The molecule has 196 valence electrons. The molecule has 0 saturated heterocycles. The Labute approximate surface area is 223 Å². The smallest absolute Gasteiger partial charge is 0.436 e. The van der Waals surface area contributed by atoms with Crippen LogP contribution < -0.4 is 10.1 Å². The lowest BCUT2D eigenvalue weighted by molar-refractivity contribution is 0.0604. The van der Waals surface area contributed by atoms with Gasteiger partial charge in [0.2, 0.25) is 0 Å². The van der Waals surface area contributed by atoms with Crippen molar-refractivity contribution in [3.8, 4) is 22.9 Å². The second kappa shape index (κ2) is 12.3. The summed E-state index contributed by atoms with van der Waals surface area (Å²) in [6.45, 7) is 5.06. The Bertz CT molecular complexity index is 1410. The molecule has 3 rings (SSSR count). The molecule has 0 aliphatic carbocycles. The number of thioether (sulfide) groups is 1. The van der Waals surface area contributed by atoms with E-state index in [1.54, 1.807) is 27.0 Å². The van der Waals surface area contributed by atoms with Crippen molar-refractivity contribution in [2.45, 2.75) is 33.0 Å². The third-order valence-electron chi connectivity index (χ3n) is 4.97. The van der Waals surface area contributed by atoms with Crippen molar-refractivity contribution in [2.24, 2.45) is 4.99 Å². The van der Waals surface area contributed by atoms with Crippen LogP contribution in [0.5, 0.6) is 5.75 Å². The third-order valence-corrected chi connectivity index (χ3v) is 5.55. The fraction of sp³-hybridized carbons (Fsp3) is 0.214. The zero-order valence-corrected chi connectivity index (χ0v) is 22.0. The van der Waals surface area contributed by atoms with E-state index in [1.807, 2.05) is 36.4 Å². The minimum Gasteiger partial charge on any atom is -0.488 e. The molecule has 0 aliphatic heterocycles. The molecule has 0 heterocycles. The number of halogens is 2. The number of nitrogens with zero attached hydrogens (tertiary/aromatic N) is 2. The first-order valence-electron chi connectivity index (χ1n) is 11.4. The summed E-state index contributed by atoms with van der Waals surface area (Å²) in [5.41, 5.74) is -0.790. The fourth-order valence-electron chi connectivity index (χ4n) is 3.39. The molecule has 0 fully saturated rings. The van der Waals surface area contributed by atoms with Gasteiger partial charge in [-0.2, -0.15) is 10.3 Å². The highest BCUT2D eigenvalue weighted by molar-refractivity contribution is 8.13. The van der Waals surface area contributed by atoms with Gasteiger partial charge in [0.05, 0.1) is 17.2 Å². The molecular weight excluding hydrogens is 512 g/mol. The Morgan fingerprint density at radius 3 is 2.39 bits per heavy atom. The van der Waals surface area contributed by atoms with Crippen LogP contribution in [0.1, 0.15) is 42.3 Å². The Hall–Kier alpha value is -4.23. The number of carbonyl (C=O) groups is 2. The van der Waals surface area contributed by atoms with E-state index < -0.39 is 29.2 Å². The van der Waals surface area contributed by atoms with Crippen LogP contribution in [0.25, 0.3) is 11.1 Å². The predicted molar refractivity (Wildman–Crippen MR) is 142 cm³/mol. The summed E-state index contributed by atoms with van der Waals surface area (Å²) in [6, 6.07) is 17.3. The quantitative estimate of drug-likeness (QED) is 0.296. The molecule has 3 aromatic rings. The van der Waals surface area contributed by atoms with Crippen molar-refractivity contribution in [3.63, 3.8) is 0 Å². The van der Waals surface area contributed by atoms with Crippen LogP contribution in [-0.2, 0) is 11.3 Å². The van der Waals surface area contributed by atoms with Gasteiger partial charge in [-0.05, 0) is 50.8 Å². The van der Waals surface area contributed by atoms with E-state index in [9.17, 15) is 23.6 Å². The second-order valence-electron chi connectivity index (χ2n) is 8.90. The maximum Gasteiger partial charge on any atom is 0.436 e. The molecule has 10 heteroatoms. The molecule has 2 amide bonds. The van der Waals surface area contributed by atoms with Crippen LogP contribution in [-0.4, -0.2) is 29.0 Å². The maximum absolute atomic E-state index is 14.9. The minimum absolute atomic E-state index is 0.0155. The van der Waals surface area contributed by atoms with Gasteiger partial charge in [-0.15, -0.1) is 0 Å². The van der Waals surface area contributed by atoms with Gasteiger partial charge in [-0.25, -0.2) is 13.6 Å². The summed E-state index contributed by atoms with van der Waals surface area (Å²) in [7, 11) is 0. The van der Waals surface area contributed by atoms with Crippen LogP contribution in [0.3, 0.4) is 0 Å². The summed E-state index contributed by atoms with van der Waals surface area (Å²) < 4.78 is 40.2. The van der Waals surface area contributed by atoms with Crippen molar-refractivity contribution < 1.29 is 27.8 Å². The van der Waals surface area contributed by atoms with E-state index in [-0.39, 0.29) is 39.8 Å². The van der Waals surface area contributed by atoms with Gasteiger partial charge < -0.3 is 14.8 Å². The highest BCUT2D eigenvalue weighted by Crippen LogP contribution is 2.36. The Balaban J connectivity index is 2.13. The molecule has 7 nitrogen and oxygen atoms in total. The van der Waals surface area contributed by atoms with Gasteiger partial charge in [0.1, 0.15) is 18.0 Å². The molecule has 0 radical (unpaired) electrons. The molecule has 0 spiro atoms. The number of rotatable bonds is 5. The van der Waals surface area contributed by atoms with E-state index in [4.69, 9.17) is 9.47 Å². The molecule has 3 aromatic carbocycles. The van der Waals surface area contributed by atoms with Crippen molar-refractivity contribution >= 4 is 28.9 Å². The average molecular weight is 538 g/mol. The lowest BCUT2D eigenvalue weighted by Gasteiger charge is -2.19. The lowest BCUT2D eigenvalue weighted by atomic mass is 9.93. The SMILES string of the molecule is CS/C(=N\C(=O)OC(C)(C)C)NC(=O)c1c(OCc2ccccc2)ccc(C#N)c1-c1cccc(F)c1F. The highest BCUT2D eigenvalue weighted by atomic mass is 32.2. The van der Waals surface area contributed by atoms with Gasteiger partial charge >= 0.3 is 6.09 Å². The zero-order chi connectivity index (χ0) is 27.9. The molecular formula is C28H25F2N3O4S. The number of carbonyl (C=O) groups excluding carboxylic acids is 2. The van der Waals surface area contributed by atoms with Crippen LogP contribution in [0.15, 0.2) is 65.7 Å². The minimum atomic E-state index is -1.23. The van der Waals surface area contributed by atoms with Gasteiger partial charge in [-0.3, -0.25) is 4.79 Å². The number of nitriles is 1. The van der Waals surface area contributed by atoms with E-state index in [1.165, 1.54) is 24.3 Å². The summed E-state index contributed by atoms with van der Waals surface area (Å²) in [5, 5.41) is 12.2. The fourth-order valence-corrected chi connectivity index (χ4v) is 3.75. The van der Waals surface area contributed by atoms with Crippen LogP contribution >= 0.6 is 11.8 Å². The van der Waals surface area contributed by atoms with Gasteiger partial charge in [0, 0.05) is 11.1 Å². The van der Waals surface area contributed by atoms with E-state index in [0.717, 1.165) is 23.4 Å². The molecule has 0 aliphatic rings. The van der Waals surface area contributed by atoms with E-state index in [2.05, 4.69) is 10.3 Å². The maximum atomic E-state index is 14.9. The summed E-state index contributed by atoms with van der Waals surface area (Å²) in [4.78, 5) is 29.6. The van der Waals surface area contributed by atoms with Gasteiger partial charge in [-0.1, -0.05) is 54.2 Å². The standard InChI is InChI=1S/C28H25F2N3O4S/c1-28(2,3)37-27(35)33-26(38-4)32-25(34)23-21(36-16-17-9-6-5-7-10-17)14-13-18(15-31)22(23)19-11-8-12-20(29)24(19)30/h5-14H,16H2,1-4H3,(H,32,33,34,35). The molecule has 1 N–H and O–H groups in total. The first-order valence-corrected chi connectivity index (χ1v) is 12.6. The summed E-state index contributed by atoms with van der Waals surface area (Å²) in [6.07, 6.45) is 0.652. The molecule has 0 saturated carbocycles. The molecule has 0 atom stereocenters. The van der Waals surface area contributed by atoms with Crippen molar-refractivity contribution in [1.29, 1.82) is 5.26 Å². The highest BCUT2D eigenvalue weighted by Gasteiger charge is 2.26. The predicted octanol–water partition coefficient (Wildman–Crippen LogP) is 6.47. The number of hydrogen-bond acceptors (Lipinski definition) is 6. The van der Waals surface area contributed by atoms with Crippen molar-refractivity contribution in [2.75, 3.05) is 6.26 Å². The van der Waals surface area contributed by atoms with Crippen molar-refractivity contribution in [1.82, 2.24) is 5.32 Å². The molecule has 0 aromatic heterocycles. The van der Waals surface area contributed by atoms with Crippen LogP contribution in [0.2, 0.25) is 0 Å². The first kappa shape index (κ1) is 28.3. The molecule has 0 bridgehead atoms. The molecule has 0 unspecified atom stereocenters. The number of aliphatic imine (C=N–C) groups is 1. The van der Waals surface area contributed by atoms with Crippen LogP contribution in [0.4, 0.5) is 13.6 Å². The second-order valence-corrected chi connectivity index (χ2v) is 9.70. The zero-order valence-electron chi connectivity index (χ0n) is 21.2. The number of nitrogens with one attached hydrogen (secondary N) is 1. The number of hydrogen-bond donors (Lipinski definition) is 1. The number of amides is 2. The van der Waals surface area contributed by atoms with Crippen LogP contribution in [0, 0.1) is 23.0 Å². The lowest BCUT2D eigenvalue weighted by Crippen LogP contribution is -2.31. The molecule has 38 heavy (non-hydrogen) atoms. The van der Waals surface area contributed by atoms with Gasteiger partial charge in [0.25, 0.3) is 5.91 Å². The summed E-state index contributed by atoms with van der Waals surface area (Å²) >= 11 is 0.958. The Morgan fingerprint density at radius 2 is 1.76 bits per heavy atom. The van der Waals surface area contributed by atoms with Gasteiger partial charge in [0.15, 0.2) is 16.8 Å². The normalized spacial score (nSPS) is 11.4. The Morgan fingerprint density at radius 1 is 1.05 bits per heavy atom. The summed E-state index contributed by atoms with van der Waals surface area (Å²) in [5.74, 6) is -3.21. The van der Waals surface area contributed by atoms with E-state index >= 15 is 0 Å². The largest absolute Gasteiger partial charge is 0.488 e. The first-order chi connectivity index (χ1) is 18.0. The number of amidine groups is 1. The topological polar surface area (TPSA) is 101 Å². The number of ether oxygens (including phenoxy) is 2. The number of benzene rings is 3. The van der Waals surface area contributed by atoms with Crippen molar-refractivity contribution in [3.05, 3.63) is 89.0 Å². The Kier molecular flexibility index (Phi) is 9.20. The average Bonchev–Trinajstić information content (AvgIpc) is 2.87.